The maximum atomic E-state index is 13.2. The molecule has 0 aliphatic heterocycles. The summed E-state index contributed by atoms with van der Waals surface area (Å²) in [4.78, 5) is 13.2. The van der Waals surface area contributed by atoms with Crippen molar-refractivity contribution in [1.29, 1.82) is 0 Å². The van der Waals surface area contributed by atoms with Crippen LogP contribution >= 0.6 is 23.2 Å². The minimum Gasteiger partial charge on any atom is -0.335 e. The van der Waals surface area contributed by atoms with Crippen LogP contribution in [0.5, 0.6) is 0 Å². The van der Waals surface area contributed by atoms with Crippen molar-refractivity contribution in [2.75, 3.05) is 5.32 Å². The predicted octanol–water partition coefficient (Wildman–Crippen LogP) is 9.29. The standard InChI is InChI=1S/C31H36Cl2N2O/c1-20(2)27-6-5-7-28(21(3)4)29(27)35-30(36)34-26-16-18-31(19-17-26,22-8-12-24(32)13-9-22)23-10-14-25(33)15-11-23/h5-15,20-21,26H,16-19H2,1-4H3,(H2,34,35,36). The number of halogens is 2. The predicted molar refractivity (Wildman–Crippen MR) is 153 cm³/mol. The molecule has 1 aliphatic carbocycles. The summed E-state index contributed by atoms with van der Waals surface area (Å²) < 4.78 is 0. The highest BCUT2D eigenvalue weighted by molar-refractivity contribution is 6.30. The summed E-state index contributed by atoms with van der Waals surface area (Å²) in [7, 11) is 0. The van der Waals surface area contributed by atoms with Gasteiger partial charge in [-0.1, -0.05) is 93.4 Å². The summed E-state index contributed by atoms with van der Waals surface area (Å²) in [5.74, 6) is 0.654. The number of amides is 2. The molecule has 2 N–H and O–H groups in total. The van der Waals surface area contributed by atoms with Crippen molar-refractivity contribution in [1.82, 2.24) is 5.32 Å². The molecule has 0 atom stereocenters. The van der Waals surface area contributed by atoms with E-state index in [0.29, 0.717) is 11.8 Å². The van der Waals surface area contributed by atoms with Gasteiger partial charge in [-0.3, -0.25) is 0 Å². The summed E-state index contributed by atoms with van der Waals surface area (Å²) in [6.45, 7) is 8.65. The molecule has 0 bridgehead atoms. The fourth-order valence-corrected chi connectivity index (χ4v) is 5.82. The van der Waals surface area contributed by atoms with E-state index in [9.17, 15) is 4.79 Å². The molecule has 0 heterocycles. The highest BCUT2D eigenvalue weighted by Crippen LogP contribution is 2.45. The molecule has 1 aliphatic rings. The molecular weight excluding hydrogens is 487 g/mol. The smallest absolute Gasteiger partial charge is 0.319 e. The van der Waals surface area contributed by atoms with Gasteiger partial charge in [-0.2, -0.15) is 0 Å². The van der Waals surface area contributed by atoms with Gasteiger partial charge in [0.25, 0.3) is 0 Å². The van der Waals surface area contributed by atoms with Crippen LogP contribution in [-0.4, -0.2) is 12.1 Å². The van der Waals surface area contributed by atoms with E-state index in [-0.39, 0.29) is 17.5 Å². The highest BCUT2D eigenvalue weighted by atomic mass is 35.5. The molecule has 3 nitrogen and oxygen atoms in total. The maximum absolute atomic E-state index is 13.2. The van der Waals surface area contributed by atoms with Gasteiger partial charge in [-0.05, 0) is 84.0 Å². The third kappa shape index (κ3) is 5.74. The maximum Gasteiger partial charge on any atom is 0.319 e. The zero-order valence-electron chi connectivity index (χ0n) is 21.6. The van der Waals surface area contributed by atoms with Gasteiger partial charge in [0, 0.05) is 27.2 Å². The summed E-state index contributed by atoms with van der Waals surface area (Å²) in [5, 5.41) is 7.94. The SMILES string of the molecule is CC(C)c1cccc(C(C)C)c1NC(=O)NC1CCC(c2ccc(Cl)cc2)(c2ccc(Cl)cc2)CC1. The van der Waals surface area contributed by atoms with E-state index in [1.165, 1.54) is 22.3 Å². The average molecular weight is 524 g/mol. The van der Waals surface area contributed by atoms with Crippen LogP contribution in [0, 0.1) is 0 Å². The van der Waals surface area contributed by atoms with Crippen molar-refractivity contribution in [3.63, 3.8) is 0 Å². The van der Waals surface area contributed by atoms with Gasteiger partial charge in [0.1, 0.15) is 0 Å². The number of rotatable bonds is 6. The minimum absolute atomic E-state index is 0.117. The van der Waals surface area contributed by atoms with Crippen molar-refractivity contribution in [2.45, 2.75) is 76.7 Å². The van der Waals surface area contributed by atoms with Crippen LogP contribution < -0.4 is 10.6 Å². The molecule has 0 spiro atoms. The van der Waals surface area contributed by atoms with Crippen molar-refractivity contribution in [3.8, 4) is 0 Å². The molecule has 2 amide bonds. The number of urea groups is 1. The Labute approximate surface area is 225 Å². The number of carbonyl (C=O) groups is 1. The molecule has 0 saturated heterocycles. The molecule has 0 radical (unpaired) electrons. The Hall–Kier alpha value is -2.49. The van der Waals surface area contributed by atoms with E-state index in [0.717, 1.165) is 41.4 Å². The normalized spacial score (nSPS) is 15.8. The van der Waals surface area contributed by atoms with Gasteiger partial charge in [0.05, 0.1) is 0 Å². The number of para-hydroxylation sites is 1. The number of hydrogen-bond acceptors (Lipinski definition) is 1. The monoisotopic (exact) mass is 522 g/mol. The Morgan fingerprint density at radius 2 is 1.22 bits per heavy atom. The first kappa shape index (κ1) is 26.6. The highest BCUT2D eigenvalue weighted by Gasteiger charge is 2.38. The first-order chi connectivity index (χ1) is 17.2. The summed E-state index contributed by atoms with van der Waals surface area (Å²) in [5.41, 5.74) is 5.68. The van der Waals surface area contributed by atoms with Crippen LogP contribution in [0.2, 0.25) is 10.0 Å². The third-order valence-electron chi connectivity index (χ3n) is 7.58. The van der Waals surface area contributed by atoms with Crippen LogP contribution in [0.3, 0.4) is 0 Å². The van der Waals surface area contributed by atoms with Crippen LogP contribution in [0.15, 0.2) is 66.7 Å². The quantitative estimate of drug-likeness (QED) is 0.332. The van der Waals surface area contributed by atoms with Gasteiger partial charge in [-0.15, -0.1) is 0 Å². The molecule has 36 heavy (non-hydrogen) atoms. The Morgan fingerprint density at radius 3 is 1.64 bits per heavy atom. The number of benzene rings is 3. The lowest BCUT2D eigenvalue weighted by molar-refractivity contribution is 0.236. The molecule has 3 aromatic rings. The van der Waals surface area contributed by atoms with E-state index in [1.54, 1.807) is 0 Å². The second-order valence-corrected chi connectivity index (χ2v) is 11.5. The lowest BCUT2D eigenvalue weighted by Crippen LogP contribution is -2.44. The first-order valence-corrected chi connectivity index (χ1v) is 13.7. The minimum atomic E-state index is -0.126. The van der Waals surface area contributed by atoms with Crippen LogP contribution in [0.25, 0.3) is 0 Å². The molecule has 4 rings (SSSR count). The van der Waals surface area contributed by atoms with E-state index in [2.05, 4.69) is 80.8 Å². The number of anilines is 1. The second-order valence-electron chi connectivity index (χ2n) is 10.6. The third-order valence-corrected chi connectivity index (χ3v) is 8.08. The average Bonchev–Trinajstić information content (AvgIpc) is 2.85. The topological polar surface area (TPSA) is 41.1 Å². The van der Waals surface area contributed by atoms with E-state index in [4.69, 9.17) is 23.2 Å². The summed E-state index contributed by atoms with van der Waals surface area (Å²) in [6.07, 6.45) is 3.64. The molecule has 0 aromatic heterocycles. The van der Waals surface area contributed by atoms with E-state index < -0.39 is 0 Å². The van der Waals surface area contributed by atoms with Gasteiger partial charge in [0.2, 0.25) is 0 Å². The molecule has 0 unspecified atom stereocenters. The molecule has 3 aromatic carbocycles. The van der Waals surface area contributed by atoms with E-state index >= 15 is 0 Å². The van der Waals surface area contributed by atoms with Crippen molar-refractivity contribution in [2.24, 2.45) is 0 Å². The van der Waals surface area contributed by atoms with Crippen molar-refractivity contribution < 1.29 is 4.79 Å². The van der Waals surface area contributed by atoms with Crippen LogP contribution in [0.1, 0.15) is 87.5 Å². The van der Waals surface area contributed by atoms with Crippen molar-refractivity contribution in [3.05, 3.63) is 99.0 Å². The molecule has 1 fully saturated rings. The Bertz CT molecular complexity index is 1100. The molecular formula is C31H36Cl2N2O. The lowest BCUT2D eigenvalue weighted by Gasteiger charge is -2.41. The molecule has 190 valence electrons. The van der Waals surface area contributed by atoms with E-state index in [1.807, 2.05) is 24.3 Å². The summed E-state index contributed by atoms with van der Waals surface area (Å²) >= 11 is 12.4. The number of carbonyl (C=O) groups excluding carboxylic acids is 1. The van der Waals surface area contributed by atoms with Crippen LogP contribution in [-0.2, 0) is 5.41 Å². The Balaban J connectivity index is 1.51. The van der Waals surface area contributed by atoms with Gasteiger partial charge in [-0.25, -0.2) is 4.79 Å². The first-order valence-electron chi connectivity index (χ1n) is 12.9. The van der Waals surface area contributed by atoms with Gasteiger partial charge < -0.3 is 10.6 Å². The Kier molecular flexibility index (Phi) is 8.32. The fraction of sp³-hybridized carbons (Fsp3) is 0.387. The molecule has 5 heteroatoms. The zero-order chi connectivity index (χ0) is 25.9. The lowest BCUT2D eigenvalue weighted by atomic mass is 9.64. The largest absolute Gasteiger partial charge is 0.335 e. The summed E-state index contributed by atoms with van der Waals surface area (Å²) in [6, 6.07) is 22.7. The second kappa shape index (κ2) is 11.3. The van der Waals surface area contributed by atoms with Crippen LogP contribution in [0.4, 0.5) is 10.5 Å². The zero-order valence-corrected chi connectivity index (χ0v) is 23.1. The van der Waals surface area contributed by atoms with Crippen molar-refractivity contribution >= 4 is 34.9 Å². The molecule has 1 saturated carbocycles. The number of nitrogens with one attached hydrogen (secondary N) is 2. The fourth-order valence-electron chi connectivity index (χ4n) is 5.57. The Morgan fingerprint density at radius 1 is 0.778 bits per heavy atom. The van der Waals surface area contributed by atoms with Gasteiger partial charge >= 0.3 is 6.03 Å². The van der Waals surface area contributed by atoms with Gasteiger partial charge in [0.15, 0.2) is 0 Å². The number of hydrogen-bond donors (Lipinski definition) is 2.